The SMILES string of the molecule is CCCCOc1c(O)ccc2c1CCC1NCCCC21. The summed E-state index contributed by atoms with van der Waals surface area (Å²) in [5, 5.41) is 13.8. The minimum atomic E-state index is 0.307. The van der Waals surface area contributed by atoms with Gasteiger partial charge in [0.2, 0.25) is 0 Å². The van der Waals surface area contributed by atoms with Crippen LogP contribution < -0.4 is 10.1 Å². The van der Waals surface area contributed by atoms with Gasteiger partial charge in [-0.05, 0) is 56.2 Å². The Morgan fingerprint density at radius 2 is 2.25 bits per heavy atom. The smallest absolute Gasteiger partial charge is 0.164 e. The van der Waals surface area contributed by atoms with E-state index in [1.807, 2.05) is 6.07 Å². The molecule has 1 aromatic carbocycles. The Hall–Kier alpha value is -1.22. The lowest BCUT2D eigenvalue weighted by Gasteiger charge is -2.38. The average molecular weight is 275 g/mol. The molecule has 3 nitrogen and oxygen atoms in total. The third kappa shape index (κ3) is 2.51. The van der Waals surface area contributed by atoms with Gasteiger partial charge in [-0.15, -0.1) is 0 Å². The number of phenolic OH excluding ortho intramolecular Hbond substituents is 1. The van der Waals surface area contributed by atoms with Crippen molar-refractivity contribution in [3.63, 3.8) is 0 Å². The van der Waals surface area contributed by atoms with Crippen molar-refractivity contribution in [2.24, 2.45) is 0 Å². The molecule has 0 saturated carbocycles. The molecule has 1 saturated heterocycles. The number of aromatic hydroxyl groups is 1. The zero-order valence-electron chi connectivity index (χ0n) is 12.3. The van der Waals surface area contributed by atoms with Crippen molar-refractivity contribution in [3.05, 3.63) is 23.3 Å². The molecule has 3 rings (SSSR count). The van der Waals surface area contributed by atoms with E-state index < -0.39 is 0 Å². The normalized spacial score (nSPS) is 24.9. The van der Waals surface area contributed by atoms with Crippen LogP contribution in [0.2, 0.25) is 0 Å². The van der Waals surface area contributed by atoms with Crippen LogP contribution in [0.4, 0.5) is 0 Å². The Labute approximate surface area is 121 Å². The van der Waals surface area contributed by atoms with Crippen molar-refractivity contribution in [2.75, 3.05) is 13.2 Å². The van der Waals surface area contributed by atoms with E-state index in [0.717, 1.165) is 38.0 Å². The second-order valence-corrected chi connectivity index (χ2v) is 6.03. The molecule has 3 heteroatoms. The maximum Gasteiger partial charge on any atom is 0.164 e. The molecule has 0 amide bonds. The summed E-state index contributed by atoms with van der Waals surface area (Å²) in [4.78, 5) is 0. The highest BCUT2D eigenvalue weighted by Gasteiger charge is 2.33. The highest BCUT2D eigenvalue weighted by atomic mass is 16.5. The molecule has 0 spiro atoms. The monoisotopic (exact) mass is 275 g/mol. The van der Waals surface area contributed by atoms with Gasteiger partial charge in [-0.25, -0.2) is 0 Å². The van der Waals surface area contributed by atoms with Gasteiger partial charge in [0.05, 0.1) is 6.61 Å². The molecule has 1 fully saturated rings. The van der Waals surface area contributed by atoms with Gasteiger partial charge in [0, 0.05) is 11.6 Å². The number of unbranched alkanes of at least 4 members (excludes halogenated alkanes) is 1. The van der Waals surface area contributed by atoms with Gasteiger partial charge >= 0.3 is 0 Å². The van der Waals surface area contributed by atoms with E-state index in [-0.39, 0.29) is 0 Å². The second-order valence-electron chi connectivity index (χ2n) is 6.03. The van der Waals surface area contributed by atoms with Crippen LogP contribution in [0.25, 0.3) is 0 Å². The van der Waals surface area contributed by atoms with Crippen LogP contribution in [0, 0.1) is 0 Å². The molecule has 2 N–H and O–H groups in total. The lowest BCUT2D eigenvalue weighted by Crippen LogP contribution is -2.42. The zero-order valence-corrected chi connectivity index (χ0v) is 12.3. The van der Waals surface area contributed by atoms with Crippen LogP contribution in [0.15, 0.2) is 12.1 Å². The molecule has 2 atom stereocenters. The molecule has 1 aliphatic carbocycles. The maximum atomic E-state index is 10.1. The Kier molecular flexibility index (Phi) is 4.16. The number of hydrogen-bond acceptors (Lipinski definition) is 3. The first-order valence-corrected chi connectivity index (χ1v) is 8.02. The van der Waals surface area contributed by atoms with Crippen LogP contribution in [0.3, 0.4) is 0 Å². The first-order chi connectivity index (χ1) is 9.81. The summed E-state index contributed by atoms with van der Waals surface area (Å²) in [6, 6.07) is 4.54. The summed E-state index contributed by atoms with van der Waals surface area (Å²) < 4.78 is 5.88. The predicted molar refractivity (Wildman–Crippen MR) is 80.6 cm³/mol. The number of ether oxygens (including phenoxy) is 1. The van der Waals surface area contributed by atoms with Crippen LogP contribution >= 0.6 is 0 Å². The molecule has 1 aliphatic heterocycles. The molecular formula is C17H25NO2. The van der Waals surface area contributed by atoms with E-state index in [0.29, 0.717) is 24.3 Å². The Morgan fingerprint density at radius 3 is 3.10 bits per heavy atom. The largest absolute Gasteiger partial charge is 0.504 e. The van der Waals surface area contributed by atoms with E-state index in [4.69, 9.17) is 4.74 Å². The summed E-state index contributed by atoms with van der Waals surface area (Å²) in [5.74, 6) is 1.66. The van der Waals surface area contributed by atoms with Crippen molar-refractivity contribution < 1.29 is 9.84 Å². The molecule has 0 bridgehead atoms. The van der Waals surface area contributed by atoms with Gasteiger partial charge in [-0.2, -0.15) is 0 Å². The first kappa shape index (κ1) is 13.7. The van der Waals surface area contributed by atoms with E-state index in [1.165, 1.54) is 24.0 Å². The maximum absolute atomic E-state index is 10.1. The Balaban J connectivity index is 1.88. The minimum Gasteiger partial charge on any atom is -0.504 e. The van der Waals surface area contributed by atoms with Crippen LogP contribution in [-0.4, -0.2) is 24.3 Å². The summed E-state index contributed by atoms with van der Waals surface area (Å²) in [6.45, 7) is 4.00. The third-order valence-corrected chi connectivity index (χ3v) is 4.71. The third-order valence-electron chi connectivity index (χ3n) is 4.71. The standard InChI is InChI=1S/C17H25NO2/c1-2-3-11-20-17-14-6-8-15-13(5-4-10-18-15)12(14)7-9-16(17)19/h7,9,13,15,18-19H,2-6,8,10-11H2,1H3. The summed E-state index contributed by atoms with van der Waals surface area (Å²) in [5.41, 5.74) is 2.66. The molecule has 20 heavy (non-hydrogen) atoms. The van der Waals surface area contributed by atoms with Gasteiger partial charge in [-0.3, -0.25) is 0 Å². The topological polar surface area (TPSA) is 41.5 Å². The first-order valence-electron chi connectivity index (χ1n) is 8.02. The van der Waals surface area contributed by atoms with Gasteiger partial charge in [-0.1, -0.05) is 19.4 Å². The van der Waals surface area contributed by atoms with Crippen LogP contribution in [0.1, 0.15) is 56.1 Å². The lowest BCUT2D eigenvalue weighted by molar-refractivity contribution is 0.277. The van der Waals surface area contributed by atoms with E-state index in [9.17, 15) is 5.11 Å². The van der Waals surface area contributed by atoms with E-state index in [2.05, 4.69) is 18.3 Å². The van der Waals surface area contributed by atoms with E-state index >= 15 is 0 Å². The Bertz CT molecular complexity index is 472. The van der Waals surface area contributed by atoms with Gasteiger partial charge in [0.15, 0.2) is 11.5 Å². The van der Waals surface area contributed by atoms with Crippen molar-refractivity contribution in [3.8, 4) is 11.5 Å². The molecule has 0 aromatic heterocycles. The highest BCUT2D eigenvalue weighted by Crippen LogP contribution is 2.44. The molecule has 1 aromatic rings. The molecule has 2 unspecified atom stereocenters. The fourth-order valence-corrected chi connectivity index (χ4v) is 3.64. The second kappa shape index (κ2) is 6.04. The fourth-order valence-electron chi connectivity index (χ4n) is 3.64. The minimum absolute atomic E-state index is 0.307. The van der Waals surface area contributed by atoms with Crippen molar-refractivity contribution in [1.82, 2.24) is 5.32 Å². The number of benzene rings is 1. The number of nitrogens with one attached hydrogen (secondary N) is 1. The highest BCUT2D eigenvalue weighted by molar-refractivity contribution is 5.52. The lowest BCUT2D eigenvalue weighted by atomic mass is 9.75. The van der Waals surface area contributed by atoms with E-state index in [1.54, 1.807) is 0 Å². The Morgan fingerprint density at radius 1 is 1.35 bits per heavy atom. The van der Waals surface area contributed by atoms with Crippen molar-refractivity contribution in [1.29, 1.82) is 0 Å². The zero-order chi connectivity index (χ0) is 13.9. The average Bonchev–Trinajstić information content (AvgIpc) is 2.49. The number of phenols is 1. The molecule has 2 aliphatic rings. The van der Waals surface area contributed by atoms with Crippen LogP contribution in [-0.2, 0) is 6.42 Å². The summed E-state index contributed by atoms with van der Waals surface area (Å²) in [7, 11) is 0. The number of fused-ring (bicyclic) bond motifs is 3. The number of rotatable bonds is 4. The van der Waals surface area contributed by atoms with Gasteiger partial charge in [0.1, 0.15) is 0 Å². The van der Waals surface area contributed by atoms with Crippen molar-refractivity contribution >= 4 is 0 Å². The van der Waals surface area contributed by atoms with Crippen LogP contribution in [0.5, 0.6) is 11.5 Å². The predicted octanol–water partition coefficient (Wildman–Crippen LogP) is 3.35. The quantitative estimate of drug-likeness (QED) is 0.828. The van der Waals surface area contributed by atoms with Gasteiger partial charge < -0.3 is 15.2 Å². The molecule has 0 radical (unpaired) electrons. The van der Waals surface area contributed by atoms with Crippen molar-refractivity contribution in [2.45, 2.75) is 57.4 Å². The summed E-state index contributed by atoms with van der Waals surface area (Å²) in [6.07, 6.45) is 6.82. The fraction of sp³-hybridized carbons (Fsp3) is 0.647. The number of piperidine rings is 1. The summed E-state index contributed by atoms with van der Waals surface area (Å²) >= 11 is 0. The molecule has 1 heterocycles. The number of hydrogen-bond donors (Lipinski definition) is 2. The van der Waals surface area contributed by atoms with Gasteiger partial charge in [0.25, 0.3) is 0 Å². The molecule has 110 valence electrons. The molecular weight excluding hydrogens is 250 g/mol.